The Hall–Kier alpha value is -2.69. The van der Waals surface area contributed by atoms with E-state index in [-0.39, 0.29) is 17.6 Å². The molecule has 0 radical (unpaired) electrons. The minimum absolute atomic E-state index is 0.00216. The van der Waals surface area contributed by atoms with Gasteiger partial charge in [0.25, 0.3) is 0 Å². The van der Waals surface area contributed by atoms with Crippen LogP contribution in [0.15, 0.2) is 48.5 Å². The Morgan fingerprint density at radius 3 is 2.53 bits per heavy atom. The second-order valence-electron chi connectivity index (χ2n) is 8.64. The molecule has 1 saturated carbocycles. The van der Waals surface area contributed by atoms with E-state index >= 15 is 0 Å². The van der Waals surface area contributed by atoms with Crippen molar-refractivity contribution < 1.29 is 14.0 Å². The number of hydrogen-bond donors (Lipinski definition) is 1. The maximum absolute atomic E-state index is 13.0. The first kappa shape index (κ1) is 20.6. The SMILES string of the molecule is O=C(CC1CCC(c2cccc(CN3CCCC3=O)c2)CC1)Nc1ccc(F)cc1. The molecule has 0 bridgehead atoms. The van der Waals surface area contributed by atoms with Gasteiger partial charge in [-0.3, -0.25) is 9.59 Å². The zero-order valence-electron chi connectivity index (χ0n) is 17.3. The van der Waals surface area contributed by atoms with E-state index in [0.29, 0.717) is 36.9 Å². The van der Waals surface area contributed by atoms with Crippen molar-refractivity contribution in [2.75, 3.05) is 11.9 Å². The Balaban J connectivity index is 1.27. The minimum atomic E-state index is -0.303. The fourth-order valence-corrected chi connectivity index (χ4v) is 4.74. The summed E-state index contributed by atoms with van der Waals surface area (Å²) in [5.41, 5.74) is 3.21. The molecule has 0 unspecified atom stereocenters. The summed E-state index contributed by atoms with van der Waals surface area (Å²) >= 11 is 0. The van der Waals surface area contributed by atoms with Crippen molar-refractivity contribution in [2.24, 2.45) is 5.92 Å². The van der Waals surface area contributed by atoms with Crippen LogP contribution >= 0.6 is 0 Å². The van der Waals surface area contributed by atoms with Gasteiger partial charge in [0.2, 0.25) is 11.8 Å². The predicted molar refractivity (Wildman–Crippen MR) is 115 cm³/mol. The topological polar surface area (TPSA) is 49.4 Å². The van der Waals surface area contributed by atoms with Crippen LogP contribution in [0.3, 0.4) is 0 Å². The lowest BCUT2D eigenvalue weighted by atomic mass is 9.77. The van der Waals surface area contributed by atoms with Gasteiger partial charge in [-0.2, -0.15) is 0 Å². The minimum Gasteiger partial charge on any atom is -0.338 e. The Labute approximate surface area is 177 Å². The van der Waals surface area contributed by atoms with Crippen LogP contribution in [0.4, 0.5) is 10.1 Å². The van der Waals surface area contributed by atoms with Crippen LogP contribution in [0, 0.1) is 11.7 Å². The number of amides is 2. The van der Waals surface area contributed by atoms with Crippen molar-refractivity contribution in [3.05, 3.63) is 65.5 Å². The van der Waals surface area contributed by atoms with Crippen molar-refractivity contribution in [1.82, 2.24) is 4.90 Å². The summed E-state index contributed by atoms with van der Waals surface area (Å²) in [5, 5.41) is 2.87. The molecule has 0 aromatic heterocycles. The Morgan fingerprint density at radius 2 is 1.83 bits per heavy atom. The fourth-order valence-electron chi connectivity index (χ4n) is 4.74. The predicted octanol–water partition coefficient (Wildman–Crippen LogP) is 5.25. The molecule has 4 rings (SSSR count). The third-order valence-corrected chi connectivity index (χ3v) is 6.42. The monoisotopic (exact) mass is 408 g/mol. The van der Waals surface area contributed by atoms with Crippen LogP contribution in [0.1, 0.15) is 62.0 Å². The molecule has 1 N–H and O–H groups in total. The van der Waals surface area contributed by atoms with Crippen molar-refractivity contribution in [3.8, 4) is 0 Å². The molecule has 2 amide bonds. The number of nitrogens with one attached hydrogen (secondary N) is 1. The van der Waals surface area contributed by atoms with Gasteiger partial charge in [0.05, 0.1) is 0 Å². The summed E-state index contributed by atoms with van der Waals surface area (Å²) < 4.78 is 13.0. The van der Waals surface area contributed by atoms with Gasteiger partial charge in [-0.15, -0.1) is 0 Å². The first-order valence-electron chi connectivity index (χ1n) is 11.0. The quantitative estimate of drug-likeness (QED) is 0.710. The van der Waals surface area contributed by atoms with Gasteiger partial charge in [-0.1, -0.05) is 24.3 Å². The van der Waals surface area contributed by atoms with Crippen LogP contribution in [0.25, 0.3) is 0 Å². The second kappa shape index (κ2) is 9.41. The smallest absolute Gasteiger partial charge is 0.224 e. The van der Waals surface area contributed by atoms with Crippen molar-refractivity contribution in [3.63, 3.8) is 0 Å². The van der Waals surface area contributed by atoms with Crippen molar-refractivity contribution in [1.29, 1.82) is 0 Å². The van der Waals surface area contributed by atoms with Crippen molar-refractivity contribution in [2.45, 2.75) is 57.4 Å². The van der Waals surface area contributed by atoms with E-state index in [9.17, 15) is 14.0 Å². The third-order valence-electron chi connectivity index (χ3n) is 6.42. The fraction of sp³-hybridized carbons (Fsp3) is 0.440. The van der Waals surface area contributed by atoms with Crippen LogP contribution in [-0.4, -0.2) is 23.3 Å². The summed E-state index contributed by atoms with van der Waals surface area (Å²) in [6, 6.07) is 14.6. The van der Waals surface area contributed by atoms with E-state index < -0.39 is 0 Å². The van der Waals surface area contributed by atoms with Crippen molar-refractivity contribution >= 4 is 17.5 Å². The number of anilines is 1. The number of carbonyl (C=O) groups excluding carboxylic acids is 2. The molecule has 5 heteroatoms. The number of nitrogens with zero attached hydrogens (tertiary/aromatic N) is 1. The largest absolute Gasteiger partial charge is 0.338 e. The molecule has 4 nitrogen and oxygen atoms in total. The molecule has 0 atom stereocenters. The molecule has 158 valence electrons. The first-order chi connectivity index (χ1) is 14.6. The van der Waals surface area contributed by atoms with Gasteiger partial charge >= 0.3 is 0 Å². The summed E-state index contributed by atoms with van der Waals surface area (Å²) in [7, 11) is 0. The summed E-state index contributed by atoms with van der Waals surface area (Å²) in [6.07, 6.45) is 6.41. The zero-order valence-corrected chi connectivity index (χ0v) is 17.3. The lowest BCUT2D eigenvalue weighted by molar-refractivity contribution is -0.128. The highest BCUT2D eigenvalue weighted by atomic mass is 19.1. The molecular formula is C25H29FN2O2. The van der Waals surface area contributed by atoms with E-state index in [2.05, 4.69) is 29.6 Å². The van der Waals surface area contributed by atoms with E-state index in [1.165, 1.54) is 23.3 Å². The molecule has 1 aliphatic carbocycles. The summed E-state index contributed by atoms with van der Waals surface area (Å²) in [5.74, 6) is 0.882. The molecule has 2 aliphatic rings. The van der Waals surface area contributed by atoms with E-state index in [4.69, 9.17) is 0 Å². The molecule has 0 spiro atoms. The molecule has 30 heavy (non-hydrogen) atoms. The number of halogens is 1. The molecule has 1 saturated heterocycles. The van der Waals surface area contributed by atoms with Gasteiger partial charge < -0.3 is 10.2 Å². The van der Waals surface area contributed by atoms with Crippen LogP contribution in [0.5, 0.6) is 0 Å². The number of likely N-dealkylation sites (tertiary alicyclic amines) is 1. The van der Waals surface area contributed by atoms with Gasteiger partial charge in [-0.05, 0) is 79.3 Å². The van der Waals surface area contributed by atoms with Gasteiger partial charge in [-0.25, -0.2) is 4.39 Å². The highest BCUT2D eigenvalue weighted by Gasteiger charge is 2.25. The average molecular weight is 409 g/mol. The Kier molecular flexibility index (Phi) is 6.46. The number of benzene rings is 2. The lowest BCUT2D eigenvalue weighted by Gasteiger charge is -2.29. The van der Waals surface area contributed by atoms with Gasteiger partial charge in [0.1, 0.15) is 5.82 Å². The maximum atomic E-state index is 13.0. The van der Waals surface area contributed by atoms with E-state index in [1.807, 2.05) is 4.90 Å². The number of rotatable bonds is 6. The van der Waals surface area contributed by atoms with Crippen LogP contribution in [-0.2, 0) is 16.1 Å². The lowest BCUT2D eigenvalue weighted by Crippen LogP contribution is -2.24. The number of carbonyl (C=O) groups is 2. The standard InChI is InChI=1S/C25H29FN2O2/c26-22-10-12-23(13-11-22)27-24(29)16-18-6-8-20(9-7-18)21-4-1-3-19(15-21)17-28-14-2-5-25(28)30/h1,3-4,10-13,15,18,20H,2,5-9,14,16-17H2,(H,27,29). The van der Waals surface area contributed by atoms with Crippen LogP contribution in [0.2, 0.25) is 0 Å². The first-order valence-corrected chi connectivity index (χ1v) is 11.0. The Morgan fingerprint density at radius 1 is 1.07 bits per heavy atom. The van der Waals surface area contributed by atoms with Gasteiger partial charge in [0.15, 0.2) is 0 Å². The van der Waals surface area contributed by atoms with Crippen LogP contribution < -0.4 is 5.32 Å². The van der Waals surface area contributed by atoms with E-state index in [0.717, 1.165) is 38.6 Å². The van der Waals surface area contributed by atoms with E-state index in [1.54, 1.807) is 12.1 Å². The molecule has 2 fully saturated rings. The van der Waals surface area contributed by atoms with Gasteiger partial charge in [0, 0.05) is 31.6 Å². The number of hydrogen-bond acceptors (Lipinski definition) is 2. The summed E-state index contributed by atoms with van der Waals surface area (Å²) in [6.45, 7) is 1.58. The Bertz CT molecular complexity index is 888. The highest BCUT2D eigenvalue weighted by molar-refractivity contribution is 5.90. The second-order valence-corrected chi connectivity index (χ2v) is 8.64. The maximum Gasteiger partial charge on any atom is 0.224 e. The normalized spacial score (nSPS) is 21.6. The summed E-state index contributed by atoms with van der Waals surface area (Å²) in [4.78, 5) is 26.2. The molecule has 2 aromatic carbocycles. The molecule has 1 aliphatic heterocycles. The molecule has 2 aromatic rings. The highest BCUT2D eigenvalue weighted by Crippen LogP contribution is 2.37. The zero-order chi connectivity index (χ0) is 20.9. The third kappa shape index (κ3) is 5.26. The molecule has 1 heterocycles. The molecular weight excluding hydrogens is 379 g/mol. The average Bonchev–Trinajstić information content (AvgIpc) is 3.15.